The lowest BCUT2D eigenvalue weighted by Gasteiger charge is -2.32. The number of urea groups is 1. The molecule has 0 unspecified atom stereocenters. The molecule has 13 nitrogen and oxygen atoms in total. The quantitative estimate of drug-likeness (QED) is 0.350. The number of aromatic nitrogens is 5. The smallest absolute Gasteiger partial charge is 0.322 e. The Balaban J connectivity index is 1.19. The van der Waals surface area contributed by atoms with E-state index in [1.165, 1.54) is 12.7 Å². The van der Waals surface area contributed by atoms with E-state index in [0.717, 1.165) is 24.1 Å². The van der Waals surface area contributed by atoms with E-state index < -0.39 is 5.54 Å². The number of H-pyrrole nitrogens is 1. The van der Waals surface area contributed by atoms with E-state index in [1.54, 1.807) is 7.05 Å². The summed E-state index contributed by atoms with van der Waals surface area (Å²) >= 11 is 0. The molecule has 0 spiro atoms. The SMILES string of the molecule is CNC(=O)[C@@H]1CCCN1c1nc(Nc2n[nH]c3c2CN(C(=O)N[C@H]2C[C@@H]2c2ccccc2)C3(C)C)nc(OC)n1. The average Bonchev–Trinajstić information content (AvgIpc) is 3.26. The molecule has 1 aromatic carbocycles. The van der Waals surface area contributed by atoms with Crippen molar-refractivity contribution in [2.45, 2.75) is 63.2 Å². The molecule has 2 fully saturated rings. The summed E-state index contributed by atoms with van der Waals surface area (Å²) in [5.41, 5.74) is 2.36. The second-order valence-electron chi connectivity index (χ2n) is 10.9. The van der Waals surface area contributed by atoms with Crippen molar-refractivity contribution in [3.05, 3.63) is 47.2 Å². The van der Waals surface area contributed by atoms with Crippen molar-refractivity contribution < 1.29 is 14.3 Å². The Morgan fingerprint density at radius 2 is 1.95 bits per heavy atom. The molecule has 210 valence electrons. The van der Waals surface area contributed by atoms with Crippen LogP contribution in [-0.4, -0.2) is 74.8 Å². The monoisotopic (exact) mass is 546 g/mol. The van der Waals surface area contributed by atoms with Crippen LogP contribution in [0, 0.1) is 0 Å². The molecule has 1 saturated carbocycles. The lowest BCUT2D eigenvalue weighted by atomic mass is 10.0. The summed E-state index contributed by atoms with van der Waals surface area (Å²) in [6.07, 6.45) is 2.50. The highest BCUT2D eigenvalue weighted by Crippen LogP contribution is 2.43. The first-order valence-corrected chi connectivity index (χ1v) is 13.6. The fraction of sp³-hybridized carbons (Fsp3) is 0.481. The van der Waals surface area contributed by atoms with Crippen molar-refractivity contribution in [1.82, 2.24) is 40.7 Å². The Bertz CT molecular complexity index is 1430. The van der Waals surface area contributed by atoms with Crippen LogP contribution in [0.1, 0.15) is 55.8 Å². The molecule has 3 atom stereocenters. The molecule has 4 N–H and O–H groups in total. The molecule has 1 aliphatic carbocycles. The number of nitrogens with zero attached hydrogens (tertiary/aromatic N) is 6. The highest BCUT2D eigenvalue weighted by atomic mass is 16.5. The highest BCUT2D eigenvalue weighted by Gasteiger charge is 2.47. The molecule has 1 saturated heterocycles. The van der Waals surface area contributed by atoms with Crippen LogP contribution in [-0.2, 0) is 16.9 Å². The van der Waals surface area contributed by atoms with Crippen molar-refractivity contribution in [3.63, 3.8) is 0 Å². The van der Waals surface area contributed by atoms with Gasteiger partial charge in [-0.25, -0.2) is 4.79 Å². The molecule has 0 radical (unpaired) electrons. The number of carbonyl (C=O) groups is 2. The standard InChI is InChI=1S/C27H34N10O3/c1-27(2)20-17(14-37(27)26(39)29-18-13-16(18)15-9-6-5-7-10-15)21(35-34-20)30-23-31-24(33-25(32-23)40-4)36-12-8-11-19(36)22(38)28-3/h5-7,9-10,16,18-19H,8,11-14H2,1-4H3,(H,28,38)(H,29,39)(H2,30,31,32,33,34,35)/t16-,18+,19+/m1/s1. The molecule has 3 amide bonds. The Labute approximate surface area is 232 Å². The molecular formula is C27H34N10O3. The minimum Gasteiger partial charge on any atom is -0.467 e. The molecule has 2 aromatic heterocycles. The average molecular weight is 547 g/mol. The van der Waals surface area contributed by atoms with Gasteiger partial charge in [-0.05, 0) is 38.7 Å². The van der Waals surface area contributed by atoms with E-state index in [1.807, 2.05) is 41.8 Å². The first kappa shape index (κ1) is 25.8. The normalized spacial score (nSPS) is 22.6. The Morgan fingerprint density at radius 1 is 1.15 bits per heavy atom. The van der Waals surface area contributed by atoms with Crippen LogP contribution in [0.5, 0.6) is 6.01 Å². The third-order valence-electron chi connectivity index (χ3n) is 8.12. The van der Waals surface area contributed by atoms with Gasteiger partial charge in [-0.3, -0.25) is 9.89 Å². The van der Waals surface area contributed by atoms with Crippen molar-refractivity contribution in [2.24, 2.45) is 0 Å². The van der Waals surface area contributed by atoms with Crippen LogP contribution in [0.4, 0.5) is 22.5 Å². The number of ether oxygens (including phenoxy) is 1. The minimum absolute atomic E-state index is 0.0848. The number of rotatable bonds is 7. The maximum atomic E-state index is 13.4. The molecule has 6 rings (SSSR count). The summed E-state index contributed by atoms with van der Waals surface area (Å²) in [4.78, 5) is 42.8. The number of anilines is 3. The summed E-state index contributed by atoms with van der Waals surface area (Å²) in [6, 6.07) is 10.1. The summed E-state index contributed by atoms with van der Waals surface area (Å²) in [6.45, 7) is 5.01. The lowest BCUT2D eigenvalue weighted by Crippen LogP contribution is -2.47. The van der Waals surface area contributed by atoms with Gasteiger partial charge in [0.2, 0.25) is 17.8 Å². The van der Waals surface area contributed by atoms with Gasteiger partial charge in [0.15, 0.2) is 5.82 Å². The summed E-state index contributed by atoms with van der Waals surface area (Å²) in [5.74, 6) is 1.38. The van der Waals surface area contributed by atoms with Gasteiger partial charge in [0.25, 0.3) is 0 Å². The topological polar surface area (TPSA) is 153 Å². The Hall–Kier alpha value is -4.42. The van der Waals surface area contributed by atoms with Crippen LogP contribution in [0.3, 0.4) is 0 Å². The van der Waals surface area contributed by atoms with Crippen molar-refractivity contribution in [1.29, 1.82) is 0 Å². The van der Waals surface area contributed by atoms with E-state index in [9.17, 15) is 9.59 Å². The highest BCUT2D eigenvalue weighted by molar-refractivity contribution is 5.85. The third kappa shape index (κ3) is 4.54. The molecular weight excluding hydrogens is 512 g/mol. The maximum Gasteiger partial charge on any atom is 0.322 e. The zero-order valence-corrected chi connectivity index (χ0v) is 23.1. The Kier molecular flexibility index (Phi) is 6.43. The first-order valence-electron chi connectivity index (χ1n) is 13.6. The second kappa shape index (κ2) is 9.96. The second-order valence-corrected chi connectivity index (χ2v) is 10.9. The molecule has 40 heavy (non-hydrogen) atoms. The molecule has 13 heteroatoms. The van der Waals surface area contributed by atoms with Crippen molar-refractivity contribution in [2.75, 3.05) is 30.9 Å². The lowest BCUT2D eigenvalue weighted by molar-refractivity contribution is -0.121. The number of fused-ring (bicyclic) bond motifs is 1. The van der Waals surface area contributed by atoms with Crippen molar-refractivity contribution >= 4 is 29.7 Å². The fourth-order valence-corrected chi connectivity index (χ4v) is 5.78. The predicted octanol–water partition coefficient (Wildman–Crippen LogP) is 2.38. The Morgan fingerprint density at radius 3 is 2.70 bits per heavy atom. The van der Waals surface area contributed by atoms with E-state index in [-0.39, 0.29) is 36.0 Å². The largest absolute Gasteiger partial charge is 0.467 e. The van der Waals surface area contributed by atoms with Gasteiger partial charge >= 0.3 is 12.0 Å². The van der Waals surface area contributed by atoms with E-state index in [0.29, 0.717) is 37.2 Å². The fourth-order valence-electron chi connectivity index (χ4n) is 5.78. The number of amides is 3. The van der Waals surface area contributed by atoms with Gasteiger partial charge in [-0.15, -0.1) is 0 Å². The maximum absolute atomic E-state index is 13.4. The number of benzene rings is 1. The minimum atomic E-state index is -0.596. The van der Waals surface area contributed by atoms with Crippen LogP contribution >= 0.6 is 0 Å². The molecule has 4 heterocycles. The van der Waals surface area contributed by atoms with Gasteiger partial charge in [0.1, 0.15) is 6.04 Å². The van der Waals surface area contributed by atoms with Crippen molar-refractivity contribution in [3.8, 4) is 6.01 Å². The van der Waals surface area contributed by atoms with Gasteiger partial charge < -0.3 is 30.5 Å². The summed E-state index contributed by atoms with van der Waals surface area (Å²) < 4.78 is 5.34. The summed E-state index contributed by atoms with van der Waals surface area (Å²) in [5, 5.41) is 16.7. The van der Waals surface area contributed by atoms with Crippen LogP contribution in [0.15, 0.2) is 30.3 Å². The van der Waals surface area contributed by atoms with Crippen LogP contribution in [0.25, 0.3) is 0 Å². The van der Waals surface area contributed by atoms with Gasteiger partial charge in [0.05, 0.1) is 24.9 Å². The first-order chi connectivity index (χ1) is 19.3. The number of likely N-dealkylation sites (N-methyl/N-ethyl adjacent to an activating group) is 1. The van der Waals surface area contributed by atoms with Gasteiger partial charge in [-0.1, -0.05) is 30.3 Å². The number of methoxy groups -OCH3 is 1. The van der Waals surface area contributed by atoms with E-state index in [4.69, 9.17) is 4.74 Å². The zero-order valence-electron chi connectivity index (χ0n) is 23.1. The molecule has 2 aliphatic heterocycles. The number of hydrogen-bond donors (Lipinski definition) is 4. The van der Waals surface area contributed by atoms with Gasteiger partial charge in [-0.2, -0.15) is 20.1 Å². The number of carbonyl (C=O) groups excluding carboxylic acids is 2. The summed E-state index contributed by atoms with van der Waals surface area (Å²) in [7, 11) is 3.10. The molecule has 0 bridgehead atoms. The van der Waals surface area contributed by atoms with Crippen LogP contribution in [0.2, 0.25) is 0 Å². The van der Waals surface area contributed by atoms with E-state index >= 15 is 0 Å². The number of nitrogens with one attached hydrogen (secondary N) is 4. The number of hydrogen-bond acceptors (Lipinski definition) is 9. The molecule has 3 aromatic rings. The van der Waals surface area contributed by atoms with E-state index in [2.05, 4.69) is 53.2 Å². The van der Waals surface area contributed by atoms with Gasteiger partial charge in [0, 0.05) is 31.1 Å². The zero-order chi connectivity index (χ0) is 28.0. The van der Waals surface area contributed by atoms with Crippen LogP contribution < -0.4 is 25.6 Å². The predicted molar refractivity (Wildman–Crippen MR) is 147 cm³/mol. The molecule has 3 aliphatic rings. The third-order valence-corrected chi connectivity index (χ3v) is 8.12. The number of aromatic amines is 1.